The Morgan fingerprint density at radius 3 is 2.36 bits per heavy atom. The van der Waals surface area contributed by atoms with Gasteiger partial charge in [-0.25, -0.2) is 8.42 Å². The summed E-state index contributed by atoms with van der Waals surface area (Å²) in [4.78, 5) is 12.3. The summed E-state index contributed by atoms with van der Waals surface area (Å²) in [5.41, 5.74) is 2.03. The van der Waals surface area contributed by atoms with Gasteiger partial charge in [-0.15, -0.1) is 0 Å². The Bertz CT molecular complexity index is 870. The number of halogens is 2. The number of aryl methyl sites for hydroxylation is 1. The maximum absolute atomic E-state index is 12.3. The maximum atomic E-state index is 12.3. The van der Waals surface area contributed by atoms with Gasteiger partial charge in [0.15, 0.2) is 0 Å². The highest BCUT2D eigenvalue weighted by molar-refractivity contribution is 9.10. The van der Waals surface area contributed by atoms with Crippen molar-refractivity contribution in [2.75, 3.05) is 22.4 Å². The summed E-state index contributed by atoms with van der Waals surface area (Å²) in [5, 5.41) is 3.11. The van der Waals surface area contributed by atoms with Crippen LogP contribution in [0.2, 0.25) is 5.02 Å². The van der Waals surface area contributed by atoms with Crippen LogP contribution in [-0.2, 0) is 21.2 Å². The van der Waals surface area contributed by atoms with Gasteiger partial charge in [0, 0.05) is 10.2 Å². The molecule has 0 unspecified atom stereocenters. The van der Waals surface area contributed by atoms with Gasteiger partial charge in [0.05, 0.1) is 17.0 Å². The van der Waals surface area contributed by atoms with Crippen molar-refractivity contribution in [2.45, 2.75) is 13.3 Å². The lowest BCUT2D eigenvalue weighted by atomic mass is 10.1. The largest absolute Gasteiger partial charge is 0.324 e. The van der Waals surface area contributed by atoms with Crippen LogP contribution in [0.25, 0.3) is 0 Å². The molecule has 0 fully saturated rings. The van der Waals surface area contributed by atoms with Gasteiger partial charge in [-0.1, -0.05) is 30.7 Å². The van der Waals surface area contributed by atoms with E-state index < -0.39 is 15.9 Å². The van der Waals surface area contributed by atoms with Crippen LogP contribution in [0.15, 0.2) is 46.9 Å². The lowest BCUT2D eigenvalue weighted by Gasteiger charge is -2.22. The second kappa shape index (κ2) is 8.21. The van der Waals surface area contributed by atoms with E-state index in [1.807, 2.05) is 19.1 Å². The van der Waals surface area contributed by atoms with Crippen molar-refractivity contribution in [3.05, 3.63) is 57.5 Å². The highest BCUT2D eigenvalue weighted by Gasteiger charge is 2.21. The number of sulfonamides is 1. The van der Waals surface area contributed by atoms with E-state index >= 15 is 0 Å². The second-order valence-corrected chi connectivity index (χ2v) is 8.64. The van der Waals surface area contributed by atoms with Gasteiger partial charge in [0.25, 0.3) is 0 Å². The molecule has 0 atom stereocenters. The Balaban J connectivity index is 2.18. The number of amides is 1. The number of hydrogen-bond donors (Lipinski definition) is 1. The van der Waals surface area contributed by atoms with E-state index in [1.165, 1.54) is 0 Å². The molecule has 0 aliphatic rings. The molecule has 0 radical (unpaired) electrons. The number of rotatable bonds is 6. The fourth-order valence-corrected chi connectivity index (χ4v) is 3.49. The van der Waals surface area contributed by atoms with Gasteiger partial charge in [-0.3, -0.25) is 9.10 Å². The summed E-state index contributed by atoms with van der Waals surface area (Å²) in [6.45, 7) is 1.69. The molecule has 2 rings (SSSR count). The van der Waals surface area contributed by atoms with E-state index in [0.717, 1.165) is 22.5 Å². The van der Waals surface area contributed by atoms with E-state index in [0.29, 0.717) is 20.9 Å². The first kappa shape index (κ1) is 19.8. The average molecular weight is 446 g/mol. The lowest BCUT2D eigenvalue weighted by Crippen LogP contribution is -2.37. The van der Waals surface area contributed by atoms with Crippen molar-refractivity contribution in [1.82, 2.24) is 0 Å². The molecule has 0 aromatic heterocycles. The Kier molecular flexibility index (Phi) is 6.48. The molecule has 2 aromatic rings. The summed E-state index contributed by atoms with van der Waals surface area (Å²) in [5.74, 6) is -0.455. The summed E-state index contributed by atoms with van der Waals surface area (Å²) in [6.07, 6.45) is 1.93. The fourth-order valence-electron chi connectivity index (χ4n) is 2.20. The normalized spacial score (nSPS) is 11.2. The first-order valence-corrected chi connectivity index (χ1v) is 10.5. The quantitative estimate of drug-likeness (QED) is 0.729. The predicted molar refractivity (Wildman–Crippen MR) is 106 cm³/mol. The van der Waals surface area contributed by atoms with E-state index in [9.17, 15) is 13.2 Å². The number of nitrogens with zero attached hydrogens (tertiary/aromatic N) is 1. The third-order valence-corrected chi connectivity index (χ3v) is 5.90. The number of carbonyl (C=O) groups excluding carboxylic acids is 1. The Labute approximate surface area is 161 Å². The van der Waals surface area contributed by atoms with Gasteiger partial charge in [0.1, 0.15) is 6.54 Å². The molecule has 0 heterocycles. The summed E-state index contributed by atoms with van der Waals surface area (Å²) in [6, 6.07) is 12.1. The van der Waals surface area contributed by atoms with Crippen LogP contribution in [-0.4, -0.2) is 27.1 Å². The van der Waals surface area contributed by atoms with Crippen LogP contribution in [0.4, 0.5) is 11.4 Å². The maximum Gasteiger partial charge on any atom is 0.245 e. The molecule has 2 aromatic carbocycles. The third-order valence-electron chi connectivity index (χ3n) is 3.52. The molecule has 8 heteroatoms. The van der Waals surface area contributed by atoms with Crippen LogP contribution < -0.4 is 9.62 Å². The molecular weight excluding hydrogens is 428 g/mol. The van der Waals surface area contributed by atoms with Crippen LogP contribution in [0.5, 0.6) is 0 Å². The van der Waals surface area contributed by atoms with Crippen LogP contribution in [0.3, 0.4) is 0 Å². The van der Waals surface area contributed by atoms with Crippen molar-refractivity contribution in [3.63, 3.8) is 0 Å². The molecule has 5 nitrogen and oxygen atoms in total. The standard InChI is InChI=1S/C17H18BrClN2O3S/c1-3-12-4-7-14(8-5-12)21(25(2,23)24)11-17(22)20-13-6-9-15(18)16(19)10-13/h4-10H,3,11H2,1-2H3,(H,20,22). The number of benzene rings is 2. The summed E-state index contributed by atoms with van der Waals surface area (Å²) < 4.78 is 26.0. The molecule has 0 aliphatic heterocycles. The Hall–Kier alpha value is -1.57. The molecule has 25 heavy (non-hydrogen) atoms. The van der Waals surface area contributed by atoms with Crippen molar-refractivity contribution < 1.29 is 13.2 Å². The zero-order valence-corrected chi connectivity index (χ0v) is 17.0. The summed E-state index contributed by atoms with van der Waals surface area (Å²) in [7, 11) is -3.60. The molecule has 0 spiro atoms. The van der Waals surface area contributed by atoms with E-state index in [2.05, 4.69) is 21.2 Å². The van der Waals surface area contributed by atoms with Gasteiger partial charge in [-0.05, 0) is 58.2 Å². The zero-order chi connectivity index (χ0) is 18.6. The van der Waals surface area contributed by atoms with Crippen LogP contribution >= 0.6 is 27.5 Å². The minimum Gasteiger partial charge on any atom is -0.324 e. The summed E-state index contributed by atoms with van der Waals surface area (Å²) >= 11 is 9.27. The third kappa shape index (κ3) is 5.45. The molecule has 0 saturated heterocycles. The Morgan fingerprint density at radius 1 is 1.20 bits per heavy atom. The topological polar surface area (TPSA) is 66.5 Å². The minimum atomic E-state index is -3.60. The molecule has 0 aliphatic carbocycles. The van der Waals surface area contributed by atoms with Gasteiger partial charge in [0.2, 0.25) is 15.9 Å². The second-order valence-electron chi connectivity index (χ2n) is 5.47. The predicted octanol–water partition coefficient (Wildman–Crippen LogP) is 4.07. The van der Waals surface area contributed by atoms with Gasteiger partial charge >= 0.3 is 0 Å². The van der Waals surface area contributed by atoms with Gasteiger partial charge in [-0.2, -0.15) is 0 Å². The van der Waals surface area contributed by atoms with Crippen molar-refractivity contribution in [3.8, 4) is 0 Å². The average Bonchev–Trinajstić information content (AvgIpc) is 2.55. The number of nitrogens with one attached hydrogen (secondary N) is 1. The molecule has 1 amide bonds. The highest BCUT2D eigenvalue weighted by atomic mass is 79.9. The number of anilines is 2. The van der Waals surface area contributed by atoms with Crippen molar-refractivity contribution in [2.24, 2.45) is 0 Å². The smallest absolute Gasteiger partial charge is 0.245 e. The van der Waals surface area contributed by atoms with E-state index in [-0.39, 0.29) is 6.54 Å². The van der Waals surface area contributed by atoms with Crippen LogP contribution in [0.1, 0.15) is 12.5 Å². The van der Waals surface area contributed by atoms with Crippen molar-refractivity contribution in [1.29, 1.82) is 0 Å². The van der Waals surface area contributed by atoms with E-state index in [4.69, 9.17) is 11.6 Å². The van der Waals surface area contributed by atoms with E-state index in [1.54, 1.807) is 30.3 Å². The fraction of sp³-hybridized carbons (Fsp3) is 0.235. The Morgan fingerprint density at radius 2 is 1.84 bits per heavy atom. The lowest BCUT2D eigenvalue weighted by molar-refractivity contribution is -0.114. The zero-order valence-electron chi connectivity index (χ0n) is 13.8. The highest BCUT2D eigenvalue weighted by Crippen LogP contribution is 2.25. The molecule has 134 valence electrons. The first-order chi connectivity index (χ1) is 11.7. The molecule has 0 bridgehead atoms. The number of hydrogen-bond acceptors (Lipinski definition) is 3. The number of carbonyl (C=O) groups is 1. The first-order valence-electron chi connectivity index (χ1n) is 7.52. The molecular formula is C17H18BrClN2O3S. The molecule has 0 saturated carbocycles. The van der Waals surface area contributed by atoms with Crippen LogP contribution in [0, 0.1) is 0 Å². The minimum absolute atomic E-state index is 0.321. The van der Waals surface area contributed by atoms with Gasteiger partial charge < -0.3 is 5.32 Å². The van der Waals surface area contributed by atoms with Crippen molar-refractivity contribution >= 4 is 54.8 Å². The SMILES string of the molecule is CCc1ccc(N(CC(=O)Nc2ccc(Br)c(Cl)c2)S(C)(=O)=O)cc1. The molecule has 1 N–H and O–H groups in total. The monoisotopic (exact) mass is 444 g/mol.